The highest BCUT2D eigenvalue weighted by Gasteiger charge is 2.19. The summed E-state index contributed by atoms with van der Waals surface area (Å²) in [6.45, 7) is 1.74. The van der Waals surface area contributed by atoms with Gasteiger partial charge < -0.3 is 10.5 Å². The molecule has 0 aliphatic heterocycles. The zero-order chi connectivity index (χ0) is 10.8. The van der Waals surface area contributed by atoms with Crippen molar-refractivity contribution in [2.45, 2.75) is 31.9 Å². The van der Waals surface area contributed by atoms with Gasteiger partial charge in [-0.25, -0.2) is 0 Å². The summed E-state index contributed by atoms with van der Waals surface area (Å²) in [5, 5.41) is 8.64. The minimum atomic E-state index is -0.405. The Morgan fingerprint density at radius 3 is 3.13 bits per heavy atom. The molecule has 1 aromatic rings. The van der Waals surface area contributed by atoms with Crippen molar-refractivity contribution in [2.24, 2.45) is 5.73 Å². The monoisotopic (exact) mass is 202 g/mol. The molecule has 0 heterocycles. The van der Waals surface area contributed by atoms with Crippen LogP contribution in [0.15, 0.2) is 18.2 Å². The highest BCUT2D eigenvalue weighted by molar-refractivity contribution is 5.40. The second-order valence-electron chi connectivity index (χ2n) is 3.89. The maximum Gasteiger partial charge on any atom is 0.181 e. The molecule has 2 atom stereocenters. The molecule has 0 aromatic heterocycles. The largest absolute Gasteiger partial charge is 0.476 e. The highest BCUT2D eigenvalue weighted by Crippen LogP contribution is 2.31. The molecule has 1 aliphatic carbocycles. The fourth-order valence-electron chi connectivity index (χ4n) is 1.93. The van der Waals surface area contributed by atoms with Crippen molar-refractivity contribution in [2.75, 3.05) is 0 Å². The lowest BCUT2D eigenvalue weighted by Gasteiger charge is -2.10. The van der Waals surface area contributed by atoms with Gasteiger partial charge in [-0.2, -0.15) is 5.26 Å². The van der Waals surface area contributed by atoms with Crippen LogP contribution in [-0.2, 0) is 6.42 Å². The fraction of sp³-hybridized carbons (Fsp3) is 0.417. The number of nitrogens with two attached hydrogens (primary N) is 1. The molecular formula is C12H14N2O. The van der Waals surface area contributed by atoms with Crippen molar-refractivity contribution in [1.82, 2.24) is 0 Å². The van der Waals surface area contributed by atoms with Crippen molar-refractivity contribution in [3.8, 4) is 11.8 Å². The minimum absolute atomic E-state index is 0.169. The van der Waals surface area contributed by atoms with E-state index in [0.717, 1.165) is 18.6 Å². The van der Waals surface area contributed by atoms with Crippen LogP contribution in [0.25, 0.3) is 0 Å². The summed E-state index contributed by atoms with van der Waals surface area (Å²) in [4.78, 5) is 0. The van der Waals surface area contributed by atoms with Gasteiger partial charge in [-0.15, -0.1) is 0 Å². The number of hydrogen-bond acceptors (Lipinski definition) is 3. The van der Waals surface area contributed by atoms with Gasteiger partial charge in [0.05, 0.1) is 0 Å². The molecule has 3 heteroatoms. The van der Waals surface area contributed by atoms with E-state index in [2.05, 4.69) is 0 Å². The molecule has 0 amide bonds. The molecule has 1 unspecified atom stereocenters. The van der Waals surface area contributed by atoms with Crippen LogP contribution in [0.5, 0.6) is 5.75 Å². The predicted molar refractivity (Wildman–Crippen MR) is 57.4 cm³/mol. The van der Waals surface area contributed by atoms with Crippen LogP contribution < -0.4 is 10.5 Å². The maximum atomic E-state index is 8.64. The van der Waals surface area contributed by atoms with Gasteiger partial charge in [-0.3, -0.25) is 0 Å². The normalized spacial score (nSPS) is 20.5. The van der Waals surface area contributed by atoms with E-state index in [1.807, 2.05) is 24.3 Å². The van der Waals surface area contributed by atoms with E-state index in [1.165, 1.54) is 11.1 Å². The molecular weight excluding hydrogens is 188 g/mol. The third kappa shape index (κ3) is 1.95. The van der Waals surface area contributed by atoms with Gasteiger partial charge in [0.1, 0.15) is 11.8 Å². The zero-order valence-corrected chi connectivity index (χ0v) is 8.73. The van der Waals surface area contributed by atoms with Crippen LogP contribution in [-0.4, -0.2) is 6.10 Å². The number of fused-ring (bicyclic) bond motifs is 1. The average Bonchev–Trinajstić information content (AvgIpc) is 2.60. The number of rotatable bonds is 2. The number of nitriles is 1. The SMILES string of the molecule is CC(C#N)Oc1ccc2c(c1)CC[C@@H]2N. The lowest BCUT2D eigenvalue weighted by molar-refractivity contribution is 0.276. The molecule has 0 bridgehead atoms. The summed E-state index contributed by atoms with van der Waals surface area (Å²) in [6, 6.07) is 8.10. The number of ether oxygens (including phenoxy) is 1. The molecule has 2 rings (SSSR count). The van der Waals surface area contributed by atoms with Gasteiger partial charge in [0.2, 0.25) is 0 Å². The second kappa shape index (κ2) is 3.92. The van der Waals surface area contributed by atoms with Gasteiger partial charge in [0, 0.05) is 6.04 Å². The fourth-order valence-corrected chi connectivity index (χ4v) is 1.93. The van der Waals surface area contributed by atoms with E-state index >= 15 is 0 Å². The van der Waals surface area contributed by atoms with Crippen LogP contribution >= 0.6 is 0 Å². The number of aryl methyl sites for hydroxylation is 1. The van der Waals surface area contributed by atoms with Crippen LogP contribution in [0, 0.1) is 11.3 Å². The van der Waals surface area contributed by atoms with Crippen molar-refractivity contribution < 1.29 is 4.74 Å². The van der Waals surface area contributed by atoms with E-state index in [1.54, 1.807) is 6.92 Å². The molecule has 2 N–H and O–H groups in total. The Morgan fingerprint density at radius 2 is 2.40 bits per heavy atom. The smallest absolute Gasteiger partial charge is 0.181 e. The van der Waals surface area contributed by atoms with Gasteiger partial charge in [-0.1, -0.05) is 6.07 Å². The summed E-state index contributed by atoms with van der Waals surface area (Å²) < 4.78 is 5.42. The lowest BCUT2D eigenvalue weighted by Crippen LogP contribution is -2.09. The molecule has 3 nitrogen and oxygen atoms in total. The first kappa shape index (κ1) is 10.0. The number of hydrogen-bond donors (Lipinski definition) is 1. The van der Waals surface area contributed by atoms with Gasteiger partial charge in [0.15, 0.2) is 6.10 Å². The van der Waals surface area contributed by atoms with E-state index < -0.39 is 6.10 Å². The van der Waals surface area contributed by atoms with Crippen LogP contribution in [0.1, 0.15) is 30.5 Å². The summed E-state index contributed by atoms with van der Waals surface area (Å²) in [5.74, 6) is 0.761. The molecule has 78 valence electrons. The van der Waals surface area contributed by atoms with Gasteiger partial charge >= 0.3 is 0 Å². The third-order valence-electron chi connectivity index (χ3n) is 2.73. The first-order chi connectivity index (χ1) is 7.20. The molecule has 0 fully saturated rings. The van der Waals surface area contributed by atoms with Crippen molar-refractivity contribution in [3.63, 3.8) is 0 Å². The minimum Gasteiger partial charge on any atom is -0.476 e. The summed E-state index contributed by atoms with van der Waals surface area (Å²) >= 11 is 0. The zero-order valence-electron chi connectivity index (χ0n) is 8.73. The van der Waals surface area contributed by atoms with Crippen LogP contribution in [0.2, 0.25) is 0 Å². The Labute approximate surface area is 89.5 Å². The first-order valence-corrected chi connectivity index (χ1v) is 5.15. The molecule has 15 heavy (non-hydrogen) atoms. The summed E-state index contributed by atoms with van der Waals surface area (Å²) in [7, 11) is 0. The van der Waals surface area contributed by atoms with Crippen LogP contribution in [0.3, 0.4) is 0 Å². The highest BCUT2D eigenvalue weighted by atomic mass is 16.5. The maximum absolute atomic E-state index is 8.64. The first-order valence-electron chi connectivity index (χ1n) is 5.15. The van der Waals surface area contributed by atoms with E-state index in [0.29, 0.717) is 0 Å². The van der Waals surface area contributed by atoms with Crippen molar-refractivity contribution >= 4 is 0 Å². The van der Waals surface area contributed by atoms with Crippen molar-refractivity contribution in [1.29, 1.82) is 5.26 Å². The molecule has 0 spiro atoms. The second-order valence-corrected chi connectivity index (χ2v) is 3.89. The van der Waals surface area contributed by atoms with Gasteiger partial charge in [0.25, 0.3) is 0 Å². The van der Waals surface area contributed by atoms with E-state index in [4.69, 9.17) is 15.7 Å². The third-order valence-corrected chi connectivity index (χ3v) is 2.73. The Hall–Kier alpha value is -1.53. The Balaban J connectivity index is 2.20. The Morgan fingerprint density at radius 1 is 1.60 bits per heavy atom. The lowest BCUT2D eigenvalue weighted by atomic mass is 10.1. The topological polar surface area (TPSA) is 59.0 Å². The molecule has 1 aromatic carbocycles. The van der Waals surface area contributed by atoms with Gasteiger partial charge in [-0.05, 0) is 43.0 Å². The van der Waals surface area contributed by atoms with Crippen molar-refractivity contribution in [3.05, 3.63) is 29.3 Å². The molecule has 0 radical (unpaired) electrons. The standard InChI is InChI=1S/C12H14N2O/c1-8(7-13)15-10-3-4-11-9(6-10)2-5-12(11)14/h3-4,6,8,12H,2,5,14H2,1H3/t8?,12-/m0/s1. The van der Waals surface area contributed by atoms with Crippen LogP contribution in [0.4, 0.5) is 0 Å². The Kier molecular flexibility index (Phi) is 2.61. The average molecular weight is 202 g/mol. The quantitative estimate of drug-likeness (QED) is 0.797. The van der Waals surface area contributed by atoms with E-state index in [-0.39, 0.29) is 6.04 Å². The molecule has 1 aliphatic rings. The Bertz CT molecular complexity index is 409. The number of benzene rings is 1. The molecule has 0 saturated heterocycles. The summed E-state index contributed by atoms with van der Waals surface area (Å²) in [5.41, 5.74) is 8.40. The summed E-state index contributed by atoms with van der Waals surface area (Å²) in [6.07, 6.45) is 1.61. The predicted octanol–water partition coefficient (Wildman–Crippen LogP) is 1.92. The number of nitrogens with zero attached hydrogens (tertiary/aromatic N) is 1. The molecule has 0 saturated carbocycles. The van der Waals surface area contributed by atoms with E-state index in [9.17, 15) is 0 Å².